The van der Waals surface area contributed by atoms with Crippen molar-refractivity contribution in [1.29, 1.82) is 0 Å². The molecule has 0 bridgehead atoms. The van der Waals surface area contributed by atoms with Crippen molar-refractivity contribution >= 4 is 10.2 Å². The van der Waals surface area contributed by atoms with Gasteiger partial charge in [-0.15, -0.1) is 6.42 Å². The molecule has 0 spiro atoms. The molecule has 1 rings (SSSR count). The van der Waals surface area contributed by atoms with Crippen LogP contribution < -0.4 is 9.44 Å². The first kappa shape index (κ1) is 10.5. The van der Waals surface area contributed by atoms with Gasteiger partial charge >= 0.3 is 0 Å². The van der Waals surface area contributed by atoms with Gasteiger partial charge in [-0.3, -0.25) is 0 Å². The number of hydrogen-bond acceptors (Lipinski definition) is 2. The molecule has 1 fully saturated rings. The van der Waals surface area contributed by atoms with Crippen LogP contribution in [0.2, 0.25) is 0 Å². The summed E-state index contributed by atoms with van der Waals surface area (Å²) in [6.07, 6.45) is 6.98. The van der Waals surface area contributed by atoms with Gasteiger partial charge in [0.2, 0.25) is 0 Å². The SMILES string of the molecule is C#CC(C)(C)NS(=O)(=O)NC1CC1. The van der Waals surface area contributed by atoms with Crippen LogP contribution in [0.1, 0.15) is 26.7 Å². The summed E-state index contributed by atoms with van der Waals surface area (Å²) in [6.45, 7) is 3.28. The maximum atomic E-state index is 11.3. The molecule has 0 aromatic heterocycles. The van der Waals surface area contributed by atoms with E-state index in [1.54, 1.807) is 13.8 Å². The summed E-state index contributed by atoms with van der Waals surface area (Å²) < 4.78 is 27.5. The molecule has 0 saturated heterocycles. The maximum Gasteiger partial charge on any atom is 0.278 e. The Hall–Kier alpha value is -0.570. The predicted molar refractivity (Wildman–Crippen MR) is 51.1 cm³/mol. The van der Waals surface area contributed by atoms with E-state index in [1.807, 2.05) is 0 Å². The highest BCUT2D eigenvalue weighted by Gasteiger charge is 2.29. The second-order valence-corrected chi connectivity index (χ2v) is 5.21. The first-order valence-electron chi connectivity index (χ1n) is 4.14. The van der Waals surface area contributed by atoms with E-state index in [0.717, 1.165) is 12.8 Å². The summed E-state index contributed by atoms with van der Waals surface area (Å²) in [5.74, 6) is 2.36. The highest BCUT2D eigenvalue weighted by atomic mass is 32.2. The summed E-state index contributed by atoms with van der Waals surface area (Å²) in [4.78, 5) is 0. The van der Waals surface area contributed by atoms with E-state index in [0.29, 0.717) is 0 Å². The molecule has 0 radical (unpaired) electrons. The Balaban J connectivity index is 2.56. The molecule has 5 heteroatoms. The lowest BCUT2D eigenvalue weighted by Crippen LogP contribution is -2.48. The predicted octanol–water partition coefficient (Wildman–Crippen LogP) is -0.0154. The van der Waals surface area contributed by atoms with Crippen molar-refractivity contribution in [3.63, 3.8) is 0 Å². The van der Waals surface area contributed by atoms with Crippen molar-refractivity contribution in [3.8, 4) is 12.3 Å². The Morgan fingerprint density at radius 2 is 2.00 bits per heavy atom. The quantitative estimate of drug-likeness (QED) is 0.630. The van der Waals surface area contributed by atoms with Gasteiger partial charge in [0.25, 0.3) is 10.2 Å². The molecule has 0 heterocycles. The number of nitrogens with one attached hydrogen (secondary N) is 2. The van der Waals surface area contributed by atoms with Crippen LogP contribution in [0.4, 0.5) is 0 Å². The Morgan fingerprint density at radius 3 is 2.38 bits per heavy atom. The molecule has 13 heavy (non-hydrogen) atoms. The van der Waals surface area contributed by atoms with Crippen LogP contribution in [0, 0.1) is 12.3 Å². The van der Waals surface area contributed by atoms with Gasteiger partial charge in [0, 0.05) is 6.04 Å². The van der Waals surface area contributed by atoms with Crippen molar-refractivity contribution in [2.45, 2.75) is 38.3 Å². The zero-order valence-electron chi connectivity index (χ0n) is 7.79. The van der Waals surface area contributed by atoms with E-state index in [1.165, 1.54) is 0 Å². The van der Waals surface area contributed by atoms with E-state index in [2.05, 4.69) is 15.4 Å². The van der Waals surface area contributed by atoms with E-state index in [-0.39, 0.29) is 6.04 Å². The summed E-state index contributed by atoms with van der Waals surface area (Å²) in [5.41, 5.74) is -0.833. The average molecular weight is 202 g/mol. The maximum absolute atomic E-state index is 11.3. The third-order valence-corrected chi connectivity index (χ3v) is 3.07. The normalized spacial score (nSPS) is 18.2. The molecule has 1 aliphatic rings. The number of terminal acetylenes is 1. The molecule has 2 N–H and O–H groups in total. The largest absolute Gasteiger partial charge is 0.278 e. The highest BCUT2D eigenvalue weighted by molar-refractivity contribution is 7.87. The minimum Gasteiger partial charge on any atom is -0.199 e. The van der Waals surface area contributed by atoms with Gasteiger partial charge < -0.3 is 0 Å². The standard InChI is InChI=1S/C8H14N2O2S/c1-4-8(2,3)10-13(11,12)9-7-5-6-7/h1,7,9-10H,5-6H2,2-3H3. The Kier molecular flexibility index (Phi) is 2.66. The molecular formula is C8H14N2O2S. The highest BCUT2D eigenvalue weighted by Crippen LogP contribution is 2.19. The Morgan fingerprint density at radius 1 is 1.46 bits per heavy atom. The Bertz CT molecular complexity index is 323. The van der Waals surface area contributed by atoms with Crippen LogP contribution in [0.5, 0.6) is 0 Å². The molecule has 1 saturated carbocycles. The topological polar surface area (TPSA) is 58.2 Å². The second-order valence-electron chi connectivity index (χ2n) is 3.77. The smallest absolute Gasteiger partial charge is 0.199 e. The first-order valence-corrected chi connectivity index (χ1v) is 5.62. The lowest BCUT2D eigenvalue weighted by Gasteiger charge is -2.19. The summed E-state index contributed by atoms with van der Waals surface area (Å²) in [6, 6.07) is 0.103. The van der Waals surface area contributed by atoms with Gasteiger partial charge in [-0.05, 0) is 26.7 Å². The molecule has 74 valence electrons. The average Bonchev–Trinajstić information content (AvgIpc) is 2.68. The summed E-state index contributed by atoms with van der Waals surface area (Å²) >= 11 is 0. The van der Waals surface area contributed by atoms with Gasteiger partial charge in [-0.25, -0.2) is 0 Å². The lowest BCUT2D eigenvalue weighted by molar-refractivity contribution is 0.526. The van der Waals surface area contributed by atoms with Gasteiger partial charge in [-0.2, -0.15) is 17.9 Å². The zero-order chi connectivity index (χ0) is 10.1. The van der Waals surface area contributed by atoms with E-state index in [4.69, 9.17) is 6.42 Å². The fourth-order valence-corrected chi connectivity index (χ4v) is 2.28. The molecule has 0 unspecified atom stereocenters. The van der Waals surface area contributed by atoms with Crippen molar-refractivity contribution < 1.29 is 8.42 Å². The molecule has 0 aromatic rings. The van der Waals surface area contributed by atoms with Gasteiger partial charge in [0.1, 0.15) is 0 Å². The zero-order valence-corrected chi connectivity index (χ0v) is 8.61. The number of hydrogen-bond donors (Lipinski definition) is 2. The van der Waals surface area contributed by atoms with Crippen molar-refractivity contribution in [2.75, 3.05) is 0 Å². The summed E-state index contributed by atoms with van der Waals surface area (Å²) in [7, 11) is -3.43. The Labute approximate surface area is 79.3 Å². The minimum absolute atomic E-state index is 0.103. The van der Waals surface area contributed by atoms with Crippen molar-refractivity contribution in [2.24, 2.45) is 0 Å². The van der Waals surface area contributed by atoms with Gasteiger partial charge in [-0.1, -0.05) is 5.92 Å². The van der Waals surface area contributed by atoms with Gasteiger partial charge in [0.05, 0.1) is 5.54 Å². The minimum atomic E-state index is -3.43. The van der Waals surface area contributed by atoms with E-state index >= 15 is 0 Å². The van der Waals surface area contributed by atoms with Crippen molar-refractivity contribution in [3.05, 3.63) is 0 Å². The lowest BCUT2D eigenvalue weighted by atomic mass is 10.1. The number of rotatable bonds is 4. The third-order valence-electron chi connectivity index (χ3n) is 1.65. The summed E-state index contributed by atoms with van der Waals surface area (Å²) in [5, 5.41) is 0. The monoisotopic (exact) mass is 202 g/mol. The van der Waals surface area contributed by atoms with Crippen LogP contribution in [-0.2, 0) is 10.2 Å². The van der Waals surface area contributed by atoms with Crippen molar-refractivity contribution in [1.82, 2.24) is 9.44 Å². The molecule has 0 aliphatic heterocycles. The van der Waals surface area contributed by atoms with E-state index in [9.17, 15) is 8.42 Å². The van der Waals surface area contributed by atoms with Crippen LogP contribution in [0.15, 0.2) is 0 Å². The van der Waals surface area contributed by atoms with Crippen LogP contribution in [0.3, 0.4) is 0 Å². The molecule has 0 amide bonds. The molecule has 4 nitrogen and oxygen atoms in total. The molecule has 0 atom stereocenters. The van der Waals surface area contributed by atoms with Crippen LogP contribution >= 0.6 is 0 Å². The fourth-order valence-electron chi connectivity index (χ4n) is 0.815. The first-order chi connectivity index (χ1) is 5.85. The van der Waals surface area contributed by atoms with E-state index < -0.39 is 15.7 Å². The van der Waals surface area contributed by atoms with Gasteiger partial charge in [0.15, 0.2) is 0 Å². The second kappa shape index (κ2) is 3.29. The third kappa shape index (κ3) is 3.77. The molecular weight excluding hydrogens is 188 g/mol. The fraction of sp³-hybridized carbons (Fsp3) is 0.750. The van der Waals surface area contributed by atoms with Crippen LogP contribution in [0.25, 0.3) is 0 Å². The molecule has 1 aliphatic carbocycles. The molecule has 0 aromatic carbocycles. The van der Waals surface area contributed by atoms with Crippen LogP contribution in [-0.4, -0.2) is 20.0 Å².